The zero-order chi connectivity index (χ0) is 24.7. The summed E-state index contributed by atoms with van der Waals surface area (Å²) in [5.74, 6) is -1.15. The Balaban J connectivity index is 1.15. The molecule has 2 aromatic rings. The summed E-state index contributed by atoms with van der Waals surface area (Å²) < 4.78 is 5.65. The van der Waals surface area contributed by atoms with E-state index in [1.165, 1.54) is 22.3 Å². The summed E-state index contributed by atoms with van der Waals surface area (Å²) in [5.41, 5.74) is 3.80. The SMILES string of the molecule is C[C@H]1CN(C(=O)[C@H]2CC[C@@H](NC(=O)OCC3c4ccccc4-c4ccccc43)C2)C[C@]1(C)C(=O)O. The molecule has 184 valence electrons. The second-order valence-electron chi connectivity index (χ2n) is 10.5. The summed E-state index contributed by atoms with van der Waals surface area (Å²) in [6.07, 6.45) is 1.48. The van der Waals surface area contributed by atoms with Gasteiger partial charge in [-0.05, 0) is 54.4 Å². The van der Waals surface area contributed by atoms with Crippen molar-refractivity contribution in [3.05, 3.63) is 59.7 Å². The van der Waals surface area contributed by atoms with Crippen molar-refractivity contribution in [2.75, 3.05) is 19.7 Å². The van der Waals surface area contributed by atoms with E-state index in [0.717, 1.165) is 0 Å². The molecule has 7 heteroatoms. The Morgan fingerprint density at radius 1 is 1.06 bits per heavy atom. The largest absolute Gasteiger partial charge is 0.481 e. The number of alkyl carbamates (subject to hydrolysis) is 1. The third-order valence-corrected chi connectivity index (χ3v) is 8.35. The van der Waals surface area contributed by atoms with E-state index in [1.54, 1.807) is 11.8 Å². The fourth-order valence-electron chi connectivity index (χ4n) is 6.00. The van der Waals surface area contributed by atoms with E-state index in [2.05, 4.69) is 29.6 Å². The van der Waals surface area contributed by atoms with Crippen LogP contribution in [0, 0.1) is 17.3 Å². The number of nitrogens with zero attached hydrogens (tertiary/aromatic N) is 1. The number of carbonyl (C=O) groups is 3. The highest BCUT2D eigenvalue weighted by molar-refractivity contribution is 5.83. The van der Waals surface area contributed by atoms with E-state index < -0.39 is 17.5 Å². The molecular formula is C28H32N2O5. The van der Waals surface area contributed by atoms with E-state index in [9.17, 15) is 19.5 Å². The Kier molecular flexibility index (Phi) is 6.03. The van der Waals surface area contributed by atoms with E-state index in [0.29, 0.717) is 25.8 Å². The van der Waals surface area contributed by atoms with Crippen LogP contribution >= 0.6 is 0 Å². The molecule has 2 aliphatic carbocycles. The van der Waals surface area contributed by atoms with Gasteiger partial charge in [0.1, 0.15) is 6.61 Å². The lowest BCUT2D eigenvalue weighted by Crippen LogP contribution is -2.39. The monoisotopic (exact) mass is 476 g/mol. The predicted molar refractivity (Wildman–Crippen MR) is 131 cm³/mol. The number of rotatable bonds is 5. The molecule has 2 aromatic carbocycles. The zero-order valence-electron chi connectivity index (χ0n) is 20.2. The Morgan fingerprint density at radius 2 is 1.69 bits per heavy atom. The van der Waals surface area contributed by atoms with Crippen molar-refractivity contribution in [1.82, 2.24) is 10.2 Å². The molecule has 0 spiro atoms. The zero-order valence-corrected chi connectivity index (χ0v) is 20.2. The normalized spacial score (nSPS) is 27.4. The summed E-state index contributed by atoms with van der Waals surface area (Å²) in [5, 5.41) is 12.5. The van der Waals surface area contributed by atoms with Gasteiger partial charge in [-0.25, -0.2) is 4.79 Å². The summed E-state index contributed by atoms with van der Waals surface area (Å²) in [7, 11) is 0. The molecule has 1 aliphatic heterocycles. The molecule has 35 heavy (non-hydrogen) atoms. The smallest absolute Gasteiger partial charge is 0.407 e. The maximum atomic E-state index is 13.1. The number of benzene rings is 2. The number of hydrogen-bond donors (Lipinski definition) is 2. The second-order valence-corrected chi connectivity index (χ2v) is 10.5. The highest BCUT2D eigenvalue weighted by atomic mass is 16.5. The van der Waals surface area contributed by atoms with Crippen molar-refractivity contribution < 1.29 is 24.2 Å². The molecule has 0 unspecified atom stereocenters. The van der Waals surface area contributed by atoms with Gasteiger partial charge in [0.05, 0.1) is 5.41 Å². The molecule has 0 aromatic heterocycles. The molecule has 5 rings (SSSR count). The Bertz CT molecular complexity index is 1120. The Labute approximate surface area is 205 Å². The maximum Gasteiger partial charge on any atom is 0.407 e. The molecule has 1 saturated heterocycles. The first kappa shape index (κ1) is 23.4. The van der Waals surface area contributed by atoms with Crippen molar-refractivity contribution in [3.63, 3.8) is 0 Å². The van der Waals surface area contributed by atoms with Gasteiger partial charge in [-0.3, -0.25) is 9.59 Å². The van der Waals surface area contributed by atoms with Crippen LogP contribution < -0.4 is 5.32 Å². The summed E-state index contributed by atoms with van der Waals surface area (Å²) >= 11 is 0. The quantitative estimate of drug-likeness (QED) is 0.672. The average Bonchev–Trinajstić information content (AvgIpc) is 3.52. The van der Waals surface area contributed by atoms with Crippen molar-refractivity contribution in [2.45, 2.75) is 45.1 Å². The van der Waals surface area contributed by atoms with Crippen LogP contribution in [0.4, 0.5) is 4.79 Å². The van der Waals surface area contributed by atoms with Gasteiger partial charge in [0.25, 0.3) is 0 Å². The lowest BCUT2D eigenvalue weighted by atomic mass is 9.81. The van der Waals surface area contributed by atoms with Crippen molar-refractivity contribution in [3.8, 4) is 11.1 Å². The molecule has 1 saturated carbocycles. The number of amides is 2. The molecule has 7 nitrogen and oxygen atoms in total. The minimum absolute atomic E-state index is 0.00124. The number of hydrogen-bond acceptors (Lipinski definition) is 4. The van der Waals surface area contributed by atoms with Gasteiger partial charge in [-0.2, -0.15) is 0 Å². The fourth-order valence-corrected chi connectivity index (χ4v) is 6.00. The van der Waals surface area contributed by atoms with Gasteiger partial charge in [0.2, 0.25) is 5.91 Å². The van der Waals surface area contributed by atoms with Crippen LogP contribution in [0.15, 0.2) is 48.5 Å². The highest BCUT2D eigenvalue weighted by Gasteiger charge is 2.49. The number of fused-ring (bicyclic) bond motifs is 3. The summed E-state index contributed by atoms with van der Waals surface area (Å²) in [4.78, 5) is 39.1. The Morgan fingerprint density at radius 3 is 2.29 bits per heavy atom. The topological polar surface area (TPSA) is 95.9 Å². The summed E-state index contributed by atoms with van der Waals surface area (Å²) in [6.45, 7) is 4.56. The van der Waals surface area contributed by atoms with Gasteiger partial charge in [-0.1, -0.05) is 55.5 Å². The average molecular weight is 477 g/mol. The maximum absolute atomic E-state index is 13.1. The van der Waals surface area contributed by atoms with Gasteiger partial charge in [-0.15, -0.1) is 0 Å². The van der Waals surface area contributed by atoms with Crippen LogP contribution in [0.5, 0.6) is 0 Å². The first-order chi connectivity index (χ1) is 16.8. The van der Waals surface area contributed by atoms with E-state index in [-0.39, 0.29) is 42.9 Å². The van der Waals surface area contributed by atoms with Crippen LogP contribution in [0.3, 0.4) is 0 Å². The van der Waals surface area contributed by atoms with Crippen LogP contribution in [0.1, 0.15) is 50.2 Å². The first-order valence-electron chi connectivity index (χ1n) is 12.4. The Hall–Kier alpha value is -3.35. The molecule has 2 N–H and O–H groups in total. The molecule has 3 aliphatic rings. The molecule has 0 bridgehead atoms. The number of aliphatic carboxylic acids is 1. The third kappa shape index (κ3) is 4.17. The van der Waals surface area contributed by atoms with Crippen LogP contribution in [0.2, 0.25) is 0 Å². The number of carboxylic acids is 1. The lowest BCUT2D eigenvalue weighted by Gasteiger charge is -2.23. The molecule has 1 heterocycles. The summed E-state index contributed by atoms with van der Waals surface area (Å²) in [6, 6.07) is 16.3. The van der Waals surface area contributed by atoms with E-state index in [1.807, 2.05) is 31.2 Å². The molecule has 4 atom stereocenters. The van der Waals surface area contributed by atoms with Gasteiger partial charge >= 0.3 is 12.1 Å². The minimum Gasteiger partial charge on any atom is -0.481 e. The predicted octanol–water partition coefficient (Wildman–Crippen LogP) is 4.26. The number of carboxylic acid groups (broad SMARTS) is 1. The van der Waals surface area contributed by atoms with Crippen molar-refractivity contribution in [1.29, 1.82) is 0 Å². The van der Waals surface area contributed by atoms with Gasteiger partial charge < -0.3 is 20.1 Å². The number of ether oxygens (including phenoxy) is 1. The highest BCUT2D eigenvalue weighted by Crippen LogP contribution is 2.44. The molecule has 0 radical (unpaired) electrons. The fraction of sp³-hybridized carbons (Fsp3) is 0.464. The number of nitrogens with one attached hydrogen (secondary N) is 1. The van der Waals surface area contributed by atoms with E-state index in [4.69, 9.17) is 4.74 Å². The molecule has 2 fully saturated rings. The first-order valence-corrected chi connectivity index (χ1v) is 12.4. The van der Waals surface area contributed by atoms with Gasteiger partial charge in [0.15, 0.2) is 0 Å². The molecular weight excluding hydrogens is 444 g/mol. The van der Waals surface area contributed by atoms with Crippen LogP contribution in [-0.4, -0.2) is 53.7 Å². The second kappa shape index (κ2) is 9.02. The van der Waals surface area contributed by atoms with Crippen molar-refractivity contribution >= 4 is 18.0 Å². The standard InChI is InChI=1S/C28H32N2O5/c1-17-14-30(16-28(17,2)26(32)33)25(31)18-11-12-19(13-18)29-27(34)35-15-24-22-9-5-3-7-20(22)21-8-4-6-10-23(21)24/h3-10,17-19,24H,11-16H2,1-2H3,(H,29,34)(H,32,33)/t17-,18-,19+,28-/m0/s1. The van der Waals surface area contributed by atoms with Crippen LogP contribution in [-0.2, 0) is 14.3 Å². The minimum atomic E-state index is -0.910. The number of carbonyl (C=O) groups excluding carboxylic acids is 2. The molecule has 2 amide bonds. The third-order valence-electron chi connectivity index (χ3n) is 8.35. The lowest BCUT2D eigenvalue weighted by molar-refractivity contribution is -0.149. The van der Waals surface area contributed by atoms with E-state index >= 15 is 0 Å². The van der Waals surface area contributed by atoms with Crippen LogP contribution in [0.25, 0.3) is 11.1 Å². The van der Waals surface area contributed by atoms with Crippen molar-refractivity contribution in [2.24, 2.45) is 17.3 Å². The number of likely N-dealkylation sites (tertiary alicyclic amines) is 1. The van der Waals surface area contributed by atoms with Gasteiger partial charge in [0, 0.05) is 31.0 Å².